The summed E-state index contributed by atoms with van der Waals surface area (Å²) >= 11 is 3.50. The molecule has 2 rings (SSSR count). The van der Waals surface area contributed by atoms with E-state index in [0.717, 1.165) is 23.9 Å². The zero-order chi connectivity index (χ0) is 15.2. The van der Waals surface area contributed by atoms with Crippen LogP contribution in [0.1, 0.15) is 50.6 Å². The average Bonchev–Trinajstić information content (AvgIpc) is 2.44. The fourth-order valence-electron chi connectivity index (χ4n) is 3.09. The Labute approximate surface area is 136 Å². The van der Waals surface area contributed by atoms with Crippen LogP contribution in [0.25, 0.3) is 0 Å². The number of aliphatic hydroxyl groups excluding tert-OH is 1. The first-order valence-electron chi connectivity index (χ1n) is 8.05. The van der Waals surface area contributed by atoms with E-state index >= 15 is 0 Å². The van der Waals surface area contributed by atoms with Crippen molar-refractivity contribution in [2.45, 2.75) is 57.2 Å². The maximum absolute atomic E-state index is 9.21. The zero-order valence-electron chi connectivity index (χ0n) is 12.8. The summed E-state index contributed by atoms with van der Waals surface area (Å²) in [5, 5.41) is 9.21. The van der Waals surface area contributed by atoms with E-state index < -0.39 is 0 Å². The van der Waals surface area contributed by atoms with Crippen molar-refractivity contribution in [3.05, 3.63) is 34.3 Å². The fourth-order valence-corrected chi connectivity index (χ4v) is 3.35. The maximum atomic E-state index is 9.21. The summed E-state index contributed by atoms with van der Waals surface area (Å²) in [7, 11) is 0. The lowest BCUT2D eigenvalue weighted by molar-refractivity contribution is 0.0579. The summed E-state index contributed by atoms with van der Waals surface area (Å²) in [4.78, 5) is 2.54. The highest BCUT2D eigenvalue weighted by atomic mass is 79.9. The van der Waals surface area contributed by atoms with Crippen LogP contribution in [0.3, 0.4) is 0 Å². The molecule has 1 aromatic rings. The smallest absolute Gasteiger partial charge is 0.0502 e. The van der Waals surface area contributed by atoms with Gasteiger partial charge >= 0.3 is 0 Å². The van der Waals surface area contributed by atoms with E-state index in [0.29, 0.717) is 6.04 Å². The van der Waals surface area contributed by atoms with Crippen molar-refractivity contribution in [1.29, 1.82) is 0 Å². The molecule has 2 unspecified atom stereocenters. The predicted octanol–water partition coefficient (Wildman–Crippen LogP) is 3.46. The van der Waals surface area contributed by atoms with Gasteiger partial charge in [0.2, 0.25) is 0 Å². The van der Waals surface area contributed by atoms with Gasteiger partial charge in [-0.2, -0.15) is 0 Å². The van der Waals surface area contributed by atoms with Gasteiger partial charge in [0.25, 0.3) is 0 Å². The Morgan fingerprint density at radius 1 is 1.33 bits per heavy atom. The van der Waals surface area contributed by atoms with E-state index in [2.05, 4.69) is 52.0 Å². The van der Waals surface area contributed by atoms with Crippen molar-refractivity contribution in [1.82, 2.24) is 4.90 Å². The molecular weight excluding hydrogens is 328 g/mol. The molecule has 0 spiro atoms. The summed E-state index contributed by atoms with van der Waals surface area (Å²) in [6, 6.07) is 9.54. The lowest BCUT2D eigenvalue weighted by Gasteiger charge is -2.45. The summed E-state index contributed by atoms with van der Waals surface area (Å²) in [5.41, 5.74) is 7.75. The number of hydrogen-bond donors (Lipinski definition) is 2. The molecule has 3 N–H and O–H groups in total. The van der Waals surface area contributed by atoms with Gasteiger partial charge in [0.15, 0.2) is 0 Å². The predicted molar refractivity (Wildman–Crippen MR) is 91.2 cm³/mol. The summed E-state index contributed by atoms with van der Waals surface area (Å²) in [5.74, 6) is 0. The third kappa shape index (κ3) is 4.28. The monoisotopic (exact) mass is 354 g/mol. The number of hydrogen-bond acceptors (Lipinski definition) is 3. The Morgan fingerprint density at radius 3 is 2.48 bits per heavy atom. The van der Waals surface area contributed by atoms with E-state index in [9.17, 15) is 5.11 Å². The minimum absolute atomic E-state index is 0.130. The largest absolute Gasteiger partial charge is 0.396 e. The van der Waals surface area contributed by atoms with Crippen LogP contribution < -0.4 is 5.73 Å². The Hall–Kier alpha value is -0.420. The van der Waals surface area contributed by atoms with Crippen LogP contribution in [0.2, 0.25) is 0 Å². The summed E-state index contributed by atoms with van der Waals surface area (Å²) in [6.07, 6.45) is 5.61. The number of nitrogens with two attached hydrogens (primary N) is 1. The van der Waals surface area contributed by atoms with Crippen LogP contribution >= 0.6 is 15.9 Å². The van der Waals surface area contributed by atoms with Crippen molar-refractivity contribution in [2.24, 2.45) is 5.73 Å². The molecule has 118 valence electrons. The molecule has 1 aromatic carbocycles. The molecule has 0 bridgehead atoms. The van der Waals surface area contributed by atoms with Gasteiger partial charge in [-0.1, -0.05) is 41.4 Å². The lowest BCUT2D eigenvalue weighted by atomic mass is 9.86. The number of benzene rings is 1. The maximum Gasteiger partial charge on any atom is 0.0502 e. The van der Waals surface area contributed by atoms with Crippen LogP contribution in [0.4, 0.5) is 0 Å². The normalized spacial score (nSPS) is 18.5. The second-order valence-electron chi connectivity index (χ2n) is 5.97. The van der Waals surface area contributed by atoms with Gasteiger partial charge in [0, 0.05) is 29.7 Å². The Balaban J connectivity index is 2.24. The highest BCUT2D eigenvalue weighted by Crippen LogP contribution is 2.35. The van der Waals surface area contributed by atoms with Gasteiger partial charge in [-0.25, -0.2) is 0 Å². The molecule has 0 aromatic heterocycles. The first-order valence-corrected chi connectivity index (χ1v) is 8.84. The Morgan fingerprint density at radius 2 is 2.00 bits per heavy atom. The van der Waals surface area contributed by atoms with E-state index in [1.54, 1.807) is 0 Å². The molecule has 2 atom stereocenters. The molecular formula is C17H27BrN2O. The van der Waals surface area contributed by atoms with E-state index in [-0.39, 0.29) is 18.7 Å². The van der Waals surface area contributed by atoms with E-state index in [1.165, 1.54) is 24.8 Å². The summed E-state index contributed by atoms with van der Waals surface area (Å²) < 4.78 is 1.10. The minimum Gasteiger partial charge on any atom is -0.396 e. The van der Waals surface area contributed by atoms with Gasteiger partial charge in [-0.15, -0.1) is 0 Å². The lowest BCUT2D eigenvalue weighted by Crippen LogP contribution is -2.49. The van der Waals surface area contributed by atoms with E-state index in [4.69, 9.17) is 5.73 Å². The third-order valence-electron chi connectivity index (χ3n) is 4.56. The van der Waals surface area contributed by atoms with Gasteiger partial charge in [0.05, 0.1) is 6.04 Å². The molecule has 21 heavy (non-hydrogen) atoms. The molecule has 4 heteroatoms. The van der Waals surface area contributed by atoms with Gasteiger partial charge in [-0.05, 0) is 43.4 Å². The van der Waals surface area contributed by atoms with Crippen LogP contribution in [-0.2, 0) is 0 Å². The molecule has 1 saturated carbocycles. The van der Waals surface area contributed by atoms with Gasteiger partial charge in [0.1, 0.15) is 0 Å². The fraction of sp³-hybridized carbons (Fsp3) is 0.647. The number of nitrogens with zero attached hydrogens (tertiary/aromatic N) is 1. The average molecular weight is 355 g/mol. The van der Waals surface area contributed by atoms with Crippen LogP contribution in [0.15, 0.2) is 28.7 Å². The molecule has 1 fully saturated rings. The van der Waals surface area contributed by atoms with Crippen LogP contribution in [-0.4, -0.2) is 35.2 Å². The third-order valence-corrected chi connectivity index (χ3v) is 5.09. The quantitative estimate of drug-likeness (QED) is 0.751. The zero-order valence-corrected chi connectivity index (χ0v) is 14.4. The first kappa shape index (κ1) is 16.9. The first-order chi connectivity index (χ1) is 10.2. The van der Waals surface area contributed by atoms with Crippen molar-refractivity contribution in [2.75, 3.05) is 13.2 Å². The molecule has 0 saturated heterocycles. The number of halogens is 1. The van der Waals surface area contributed by atoms with Crippen LogP contribution in [0.5, 0.6) is 0 Å². The molecule has 0 aliphatic heterocycles. The molecule has 0 heterocycles. The minimum atomic E-state index is 0.130. The molecule has 3 nitrogen and oxygen atoms in total. The molecule has 0 amide bonds. The topological polar surface area (TPSA) is 49.5 Å². The van der Waals surface area contributed by atoms with Crippen molar-refractivity contribution < 1.29 is 5.11 Å². The highest BCUT2D eigenvalue weighted by Gasteiger charge is 2.33. The summed E-state index contributed by atoms with van der Waals surface area (Å²) in [6.45, 7) is 3.33. The number of aliphatic hydroxyl groups is 1. The van der Waals surface area contributed by atoms with Crippen molar-refractivity contribution in [3.8, 4) is 0 Å². The SMILES string of the molecule is CCC(N)C(c1ccc(Br)cc1)N(CCCO)C1CCC1. The van der Waals surface area contributed by atoms with Gasteiger partial charge < -0.3 is 10.8 Å². The number of rotatable bonds is 8. The Kier molecular flexibility index (Phi) is 6.68. The van der Waals surface area contributed by atoms with Crippen LogP contribution in [0, 0.1) is 0 Å². The van der Waals surface area contributed by atoms with E-state index in [1.807, 2.05) is 0 Å². The van der Waals surface area contributed by atoms with Crippen molar-refractivity contribution >= 4 is 15.9 Å². The molecule has 1 aliphatic carbocycles. The van der Waals surface area contributed by atoms with Gasteiger partial charge in [-0.3, -0.25) is 4.90 Å². The van der Waals surface area contributed by atoms with Crippen molar-refractivity contribution in [3.63, 3.8) is 0 Å². The second kappa shape index (κ2) is 8.28. The highest BCUT2D eigenvalue weighted by molar-refractivity contribution is 9.10. The second-order valence-corrected chi connectivity index (χ2v) is 6.88. The molecule has 0 radical (unpaired) electrons. The molecule has 1 aliphatic rings. The standard InChI is InChI=1S/C17H27BrN2O/c1-2-16(19)17(13-7-9-14(18)10-8-13)20(11-4-12-21)15-5-3-6-15/h7-10,15-17,21H,2-6,11-12,19H2,1H3. The Bertz CT molecular complexity index is 419.